The molecule has 0 bridgehead atoms. The molecule has 0 amide bonds. The summed E-state index contributed by atoms with van der Waals surface area (Å²) in [6, 6.07) is 7.74. The molecule has 4 nitrogen and oxygen atoms in total. The Bertz CT molecular complexity index is 634. The zero-order chi connectivity index (χ0) is 11.0. The Hall–Kier alpha value is -1.75. The largest absolute Gasteiger partial charge is 0.251 e. The van der Waals surface area contributed by atoms with Crippen LogP contribution in [0.5, 0.6) is 0 Å². The van der Waals surface area contributed by atoms with E-state index in [4.69, 9.17) is 0 Å². The van der Waals surface area contributed by atoms with Crippen LogP contribution in [-0.4, -0.2) is 19.7 Å². The summed E-state index contributed by atoms with van der Waals surface area (Å²) in [6.45, 7) is 0. The van der Waals surface area contributed by atoms with Gasteiger partial charge >= 0.3 is 0 Å². The second kappa shape index (κ2) is 3.68. The maximum atomic E-state index is 4.46. The summed E-state index contributed by atoms with van der Waals surface area (Å²) in [4.78, 5) is 8.72. The van der Waals surface area contributed by atoms with Gasteiger partial charge in [-0.2, -0.15) is 5.10 Å². The van der Waals surface area contributed by atoms with E-state index < -0.39 is 0 Å². The SMILES string of the molecule is Brc1cccc2cnc(-n3cccn3)nc12. The Balaban J connectivity index is 2.27. The van der Waals surface area contributed by atoms with Gasteiger partial charge in [0.1, 0.15) is 0 Å². The van der Waals surface area contributed by atoms with Gasteiger partial charge in [-0.05, 0) is 28.1 Å². The quantitative estimate of drug-likeness (QED) is 0.685. The van der Waals surface area contributed by atoms with Crippen LogP contribution in [0.2, 0.25) is 0 Å². The molecule has 0 aliphatic heterocycles. The van der Waals surface area contributed by atoms with E-state index in [1.54, 1.807) is 17.1 Å². The molecule has 0 atom stereocenters. The van der Waals surface area contributed by atoms with E-state index >= 15 is 0 Å². The van der Waals surface area contributed by atoms with Gasteiger partial charge in [-0.25, -0.2) is 14.6 Å². The lowest BCUT2D eigenvalue weighted by Gasteiger charge is -2.02. The van der Waals surface area contributed by atoms with Crippen LogP contribution in [-0.2, 0) is 0 Å². The first-order valence-corrected chi connectivity index (χ1v) is 5.55. The van der Waals surface area contributed by atoms with Crippen molar-refractivity contribution in [3.8, 4) is 5.95 Å². The fourth-order valence-electron chi connectivity index (χ4n) is 1.51. The zero-order valence-electron chi connectivity index (χ0n) is 8.21. The van der Waals surface area contributed by atoms with Gasteiger partial charge in [0.2, 0.25) is 0 Å². The molecule has 0 radical (unpaired) electrons. The highest BCUT2D eigenvalue weighted by Crippen LogP contribution is 2.21. The minimum Gasteiger partial charge on any atom is -0.219 e. The maximum Gasteiger partial charge on any atom is 0.251 e. The van der Waals surface area contributed by atoms with E-state index in [-0.39, 0.29) is 0 Å². The van der Waals surface area contributed by atoms with Crippen molar-refractivity contribution in [2.45, 2.75) is 0 Å². The van der Waals surface area contributed by atoms with Gasteiger partial charge in [0.25, 0.3) is 5.95 Å². The minimum absolute atomic E-state index is 0.574. The van der Waals surface area contributed by atoms with Crippen LogP contribution >= 0.6 is 15.9 Å². The number of nitrogens with zero attached hydrogens (tertiary/aromatic N) is 4. The zero-order valence-corrected chi connectivity index (χ0v) is 9.79. The Labute approximate surface area is 100 Å². The standard InChI is InChI=1S/C11H7BrN4/c12-9-4-1-3-8-7-13-11(15-10(8)9)16-6-2-5-14-16/h1-7H. The third-order valence-corrected chi connectivity index (χ3v) is 2.90. The highest BCUT2D eigenvalue weighted by molar-refractivity contribution is 9.10. The summed E-state index contributed by atoms with van der Waals surface area (Å²) >= 11 is 3.47. The van der Waals surface area contributed by atoms with Crippen LogP contribution in [0.15, 0.2) is 47.3 Å². The smallest absolute Gasteiger partial charge is 0.219 e. The molecule has 0 aliphatic rings. The maximum absolute atomic E-state index is 4.46. The minimum atomic E-state index is 0.574. The van der Waals surface area contributed by atoms with Gasteiger partial charge in [0, 0.05) is 28.4 Å². The van der Waals surface area contributed by atoms with Gasteiger partial charge in [0.05, 0.1) is 5.52 Å². The van der Waals surface area contributed by atoms with Crippen molar-refractivity contribution in [1.82, 2.24) is 19.7 Å². The topological polar surface area (TPSA) is 43.6 Å². The molecular weight excluding hydrogens is 268 g/mol. The first-order valence-electron chi connectivity index (χ1n) is 4.76. The summed E-state index contributed by atoms with van der Waals surface area (Å²) < 4.78 is 2.60. The van der Waals surface area contributed by atoms with Crippen LogP contribution in [0.4, 0.5) is 0 Å². The average Bonchev–Trinajstić information content (AvgIpc) is 2.83. The number of hydrogen-bond donors (Lipinski definition) is 0. The van der Waals surface area contributed by atoms with E-state index in [9.17, 15) is 0 Å². The molecule has 16 heavy (non-hydrogen) atoms. The Morgan fingerprint density at radius 3 is 2.94 bits per heavy atom. The number of aromatic nitrogens is 4. The monoisotopic (exact) mass is 274 g/mol. The normalized spacial score (nSPS) is 10.8. The Kier molecular flexibility index (Phi) is 2.18. The van der Waals surface area contributed by atoms with E-state index in [1.165, 1.54) is 0 Å². The van der Waals surface area contributed by atoms with Crippen LogP contribution in [0.1, 0.15) is 0 Å². The van der Waals surface area contributed by atoms with E-state index in [1.807, 2.05) is 30.5 Å². The van der Waals surface area contributed by atoms with Gasteiger partial charge in [0.15, 0.2) is 0 Å². The number of para-hydroxylation sites is 1. The Morgan fingerprint density at radius 1 is 1.19 bits per heavy atom. The molecule has 0 unspecified atom stereocenters. The fourth-order valence-corrected chi connectivity index (χ4v) is 1.98. The number of rotatable bonds is 1. The molecule has 0 fully saturated rings. The third-order valence-electron chi connectivity index (χ3n) is 2.26. The molecule has 0 saturated carbocycles. The Morgan fingerprint density at radius 2 is 2.12 bits per heavy atom. The van der Waals surface area contributed by atoms with Crippen molar-refractivity contribution in [3.63, 3.8) is 0 Å². The van der Waals surface area contributed by atoms with Crippen molar-refractivity contribution >= 4 is 26.8 Å². The van der Waals surface area contributed by atoms with Crippen molar-refractivity contribution in [1.29, 1.82) is 0 Å². The molecule has 0 N–H and O–H groups in total. The third kappa shape index (κ3) is 1.49. The van der Waals surface area contributed by atoms with Crippen LogP contribution in [0.25, 0.3) is 16.9 Å². The van der Waals surface area contributed by atoms with Crippen molar-refractivity contribution < 1.29 is 0 Å². The van der Waals surface area contributed by atoms with E-state index in [2.05, 4.69) is 31.0 Å². The summed E-state index contributed by atoms with van der Waals surface area (Å²) in [5, 5.41) is 5.10. The molecule has 5 heteroatoms. The highest BCUT2D eigenvalue weighted by atomic mass is 79.9. The van der Waals surface area contributed by atoms with Crippen LogP contribution in [0.3, 0.4) is 0 Å². The molecule has 78 valence electrons. The average molecular weight is 275 g/mol. The van der Waals surface area contributed by atoms with Gasteiger partial charge < -0.3 is 0 Å². The highest BCUT2D eigenvalue weighted by Gasteiger charge is 2.04. The first kappa shape index (κ1) is 9.47. The summed E-state index contributed by atoms with van der Waals surface area (Å²) in [5.74, 6) is 0.574. The van der Waals surface area contributed by atoms with E-state index in [0.717, 1.165) is 15.4 Å². The number of benzene rings is 1. The summed E-state index contributed by atoms with van der Waals surface area (Å²) in [5.41, 5.74) is 0.892. The molecular formula is C11H7BrN4. The summed E-state index contributed by atoms with van der Waals surface area (Å²) in [7, 11) is 0. The van der Waals surface area contributed by atoms with Crippen LogP contribution < -0.4 is 0 Å². The molecule has 0 spiro atoms. The molecule has 2 aromatic heterocycles. The first-order chi connectivity index (χ1) is 7.84. The predicted octanol–water partition coefficient (Wildman–Crippen LogP) is 2.58. The van der Waals surface area contributed by atoms with Gasteiger partial charge in [-0.15, -0.1) is 0 Å². The molecule has 2 heterocycles. The van der Waals surface area contributed by atoms with Gasteiger partial charge in [-0.1, -0.05) is 12.1 Å². The molecule has 0 aliphatic carbocycles. The lowest BCUT2D eigenvalue weighted by molar-refractivity contribution is 0.815. The lowest BCUT2D eigenvalue weighted by atomic mass is 10.2. The fraction of sp³-hybridized carbons (Fsp3) is 0. The molecule has 3 aromatic rings. The lowest BCUT2D eigenvalue weighted by Crippen LogP contribution is -2.01. The number of hydrogen-bond acceptors (Lipinski definition) is 3. The molecule has 3 rings (SSSR count). The van der Waals surface area contributed by atoms with Gasteiger partial charge in [-0.3, -0.25) is 0 Å². The van der Waals surface area contributed by atoms with Crippen molar-refractivity contribution in [2.24, 2.45) is 0 Å². The second-order valence-electron chi connectivity index (χ2n) is 3.30. The van der Waals surface area contributed by atoms with Crippen LogP contribution in [0, 0.1) is 0 Å². The predicted molar refractivity (Wildman–Crippen MR) is 64.4 cm³/mol. The van der Waals surface area contributed by atoms with E-state index in [0.29, 0.717) is 5.95 Å². The van der Waals surface area contributed by atoms with Crippen molar-refractivity contribution in [2.75, 3.05) is 0 Å². The van der Waals surface area contributed by atoms with Crippen molar-refractivity contribution in [3.05, 3.63) is 47.3 Å². The number of fused-ring (bicyclic) bond motifs is 1. The molecule has 1 aromatic carbocycles. The molecule has 0 saturated heterocycles. The second-order valence-corrected chi connectivity index (χ2v) is 4.15. The number of halogens is 1. The summed E-state index contributed by atoms with van der Waals surface area (Å²) in [6.07, 6.45) is 5.32.